The molecule has 0 saturated carbocycles. The number of aromatic nitrogens is 3. The van der Waals surface area contributed by atoms with Crippen molar-refractivity contribution in [2.24, 2.45) is 0 Å². The zero-order valence-electron chi connectivity index (χ0n) is 7.31. The Morgan fingerprint density at radius 1 is 1.54 bits per heavy atom. The van der Waals surface area contributed by atoms with E-state index in [1.165, 1.54) is 4.68 Å². The molecule has 1 saturated heterocycles. The summed E-state index contributed by atoms with van der Waals surface area (Å²) in [4.78, 5) is 0. The molecule has 1 aliphatic heterocycles. The van der Waals surface area contributed by atoms with Crippen LogP contribution in [-0.4, -0.2) is 27.6 Å². The smallest absolute Gasteiger partial charge is 0.240 e. The summed E-state index contributed by atoms with van der Waals surface area (Å²) in [5, 5.41) is 7.53. The van der Waals surface area contributed by atoms with Gasteiger partial charge in [0.15, 0.2) is 5.82 Å². The number of ether oxygens (including phenoxy) is 1. The molecule has 0 aromatic carbocycles. The van der Waals surface area contributed by atoms with Gasteiger partial charge in [-0.3, -0.25) is 0 Å². The second-order valence-corrected chi connectivity index (χ2v) is 3.18. The van der Waals surface area contributed by atoms with Crippen LogP contribution in [0.1, 0.15) is 18.7 Å². The lowest BCUT2D eigenvalue weighted by Crippen LogP contribution is -2.19. The van der Waals surface area contributed by atoms with Gasteiger partial charge in [0.1, 0.15) is 0 Å². The number of anilines is 1. The van der Waals surface area contributed by atoms with Crippen molar-refractivity contribution in [1.29, 1.82) is 0 Å². The molecule has 1 aliphatic rings. The molecule has 0 aliphatic carbocycles. The van der Waals surface area contributed by atoms with E-state index in [0.717, 1.165) is 19.4 Å². The lowest BCUT2D eigenvalue weighted by molar-refractivity contribution is 0.109. The highest BCUT2D eigenvalue weighted by Gasteiger charge is 2.19. The Kier molecular flexibility index (Phi) is 2.05. The molecule has 6 heteroatoms. The summed E-state index contributed by atoms with van der Waals surface area (Å²) < 4.78 is 6.75. The van der Waals surface area contributed by atoms with E-state index in [0.29, 0.717) is 12.2 Å². The van der Waals surface area contributed by atoms with E-state index < -0.39 is 0 Å². The second kappa shape index (κ2) is 3.21. The van der Waals surface area contributed by atoms with Crippen molar-refractivity contribution >= 4 is 5.95 Å². The first kappa shape index (κ1) is 8.31. The number of nitrogens with zero attached hydrogens (tertiary/aromatic N) is 3. The summed E-state index contributed by atoms with van der Waals surface area (Å²) in [5.74, 6) is 6.52. The Labute approximate surface area is 75.8 Å². The van der Waals surface area contributed by atoms with E-state index in [-0.39, 0.29) is 12.1 Å². The lowest BCUT2D eigenvalue weighted by atomic mass is 10.2. The number of rotatable bonds is 2. The van der Waals surface area contributed by atoms with E-state index in [1.807, 2.05) is 0 Å². The van der Waals surface area contributed by atoms with Crippen LogP contribution in [-0.2, 0) is 11.2 Å². The molecular weight excluding hydrogens is 170 g/mol. The summed E-state index contributed by atoms with van der Waals surface area (Å²) in [6.45, 7) is 0.832. The minimum atomic E-state index is 0.228. The molecule has 0 spiro atoms. The first-order valence-electron chi connectivity index (χ1n) is 4.34. The maximum absolute atomic E-state index is 5.59. The van der Waals surface area contributed by atoms with Gasteiger partial charge in [0, 0.05) is 13.0 Å². The van der Waals surface area contributed by atoms with Gasteiger partial charge < -0.3 is 16.3 Å². The van der Waals surface area contributed by atoms with Crippen molar-refractivity contribution in [3.8, 4) is 0 Å². The first-order valence-corrected chi connectivity index (χ1v) is 4.34. The number of hydrogen-bond donors (Lipinski definition) is 2. The quantitative estimate of drug-likeness (QED) is 0.591. The predicted octanol–water partition coefficient (Wildman–Crippen LogP) is -0.704. The predicted molar refractivity (Wildman–Crippen MR) is 47.3 cm³/mol. The molecule has 1 aromatic rings. The molecule has 0 radical (unpaired) electrons. The zero-order valence-corrected chi connectivity index (χ0v) is 7.31. The van der Waals surface area contributed by atoms with Crippen LogP contribution in [0.3, 0.4) is 0 Å². The van der Waals surface area contributed by atoms with Crippen LogP contribution in [0.4, 0.5) is 5.95 Å². The average molecular weight is 183 g/mol. The fourth-order valence-corrected chi connectivity index (χ4v) is 1.49. The molecule has 4 N–H and O–H groups in total. The van der Waals surface area contributed by atoms with Crippen LogP contribution in [0.5, 0.6) is 0 Å². The van der Waals surface area contributed by atoms with E-state index in [1.54, 1.807) is 0 Å². The van der Waals surface area contributed by atoms with Gasteiger partial charge in [0.25, 0.3) is 0 Å². The largest absolute Gasteiger partial charge is 0.378 e. The van der Waals surface area contributed by atoms with Gasteiger partial charge in [-0.15, -0.1) is 10.2 Å². The molecular formula is C7H13N5O. The van der Waals surface area contributed by atoms with Gasteiger partial charge >= 0.3 is 0 Å². The topological polar surface area (TPSA) is 92.0 Å². The van der Waals surface area contributed by atoms with Crippen molar-refractivity contribution < 1.29 is 4.74 Å². The summed E-state index contributed by atoms with van der Waals surface area (Å²) in [6.07, 6.45) is 3.10. The Morgan fingerprint density at radius 2 is 2.38 bits per heavy atom. The molecule has 72 valence electrons. The number of nitrogen functional groups attached to an aromatic ring is 2. The number of hydrogen-bond acceptors (Lipinski definition) is 5. The standard InChI is InChI=1S/C7H13N5O/c8-7-11-10-6(12(7)9)4-5-2-1-3-13-5/h5H,1-4,9H2,(H2,8,11). The van der Waals surface area contributed by atoms with Crippen LogP contribution in [0.15, 0.2) is 0 Å². The maximum atomic E-state index is 5.59. The van der Waals surface area contributed by atoms with Gasteiger partial charge in [0.05, 0.1) is 6.10 Å². The average Bonchev–Trinajstić information content (AvgIpc) is 2.71. The van der Waals surface area contributed by atoms with E-state index in [2.05, 4.69) is 10.2 Å². The molecule has 1 unspecified atom stereocenters. The fourth-order valence-electron chi connectivity index (χ4n) is 1.49. The first-order chi connectivity index (χ1) is 6.27. The third kappa shape index (κ3) is 1.57. The van der Waals surface area contributed by atoms with Crippen molar-refractivity contribution in [2.45, 2.75) is 25.4 Å². The molecule has 0 amide bonds. The third-order valence-electron chi connectivity index (χ3n) is 2.23. The molecule has 2 heterocycles. The van der Waals surface area contributed by atoms with Crippen molar-refractivity contribution in [3.63, 3.8) is 0 Å². The van der Waals surface area contributed by atoms with E-state index >= 15 is 0 Å². The zero-order chi connectivity index (χ0) is 9.26. The highest BCUT2D eigenvalue weighted by molar-refractivity contribution is 5.17. The van der Waals surface area contributed by atoms with Gasteiger partial charge in [-0.1, -0.05) is 0 Å². The molecule has 1 atom stereocenters. The molecule has 13 heavy (non-hydrogen) atoms. The Morgan fingerprint density at radius 3 is 2.92 bits per heavy atom. The van der Waals surface area contributed by atoms with Crippen LogP contribution in [0.25, 0.3) is 0 Å². The summed E-state index contributed by atoms with van der Waals surface area (Å²) in [6, 6.07) is 0. The maximum Gasteiger partial charge on any atom is 0.240 e. The number of nitrogens with two attached hydrogens (primary N) is 2. The second-order valence-electron chi connectivity index (χ2n) is 3.18. The fraction of sp³-hybridized carbons (Fsp3) is 0.714. The van der Waals surface area contributed by atoms with Crippen LogP contribution in [0, 0.1) is 0 Å². The van der Waals surface area contributed by atoms with Crippen molar-refractivity contribution in [2.75, 3.05) is 18.2 Å². The monoisotopic (exact) mass is 183 g/mol. The van der Waals surface area contributed by atoms with Crippen molar-refractivity contribution in [1.82, 2.24) is 14.9 Å². The summed E-state index contributed by atoms with van der Waals surface area (Å²) >= 11 is 0. The molecule has 2 rings (SSSR count). The normalized spacial score (nSPS) is 22.3. The van der Waals surface area contributed by atoms with Gasteiger partial charge in [0.2, 0.25) is 5.95 Å². The summed E-state index contributed by atoms with van der Waals surface area (Å²) in [5.41, 5.74) is 5.44. The van der Waals surface area contributed by atoms with Crippen molar-refractivity contribution in [3.05, 3.63) is 5.82 Å². The van der Waals surface area contributed by atoms with Gasteiger partial charge in [-0.2, -0.15) is 0 Å². The Bertz CT molecular complexity index is 291. The van der Waals surface area contributed by atoms with Crippen LogP contribution < -0.4 is 11.6 Å². The van der Waals surface area contributed by atoms with E-state index in [9.17, 15) is 0 Å². The lowest BCUT2D eigenvalue weighted by Gasteiger charge is -2.07. The molecule has 0 bridgehead atoms. The molecule has 1 aromatic heterocycles. The highest BCUT2D eigenvalue weighted by atomic mass is 16.5. The summed E-state index contributed by atoms with van der Waals surface area (Å²) in [7, 11) is 0. The third-order valence-corrected chi connectivity index (χ3v) is 2.23. The van der Waals surface area contributed by atoms with Crippen LogP contribution >= 0.6 is 0 Å². The molecule has 6 nitrogen and oxygen atoms in total. The highest BCUT2D eigenvalue weighted by Crippen LogP contribution is 2.15. The minimum Gasteiger partial charge on any atom is -0.378 e. The van der Waals surface area contributed by atoms with Crippen LogP contribution in [0.2, 0.25) is 0 Å². The minimum absolute atomic E-state index is 0.228. The molecule has 1 fully saturated rings. The SMILES string of the molecule is Nc1nnc(CC2CCCO2)n1N. The Hall–Kier alpha value is -1.30. The van der Waals surface area contributed by atoms with Gasteiger partial charge in [-0.25, -0.2) is 4.68 Å². The van der Waals surface area contributed by atoms with E-state index in [4.69, 9.17) is 16.3 Å². The van der Waals surface area contributed by atoms with Gasteiger partial charge in [-0.05, 0) is 12.8 Å². The Balaban J connectivity index is 2.04.